The van der Waals surface area contributed by atoms with Gasteiger partial charge in [0.1, 0.15) is 23.4 Å². The summed E-state index contributed by atoms with van der Waals surface area (Å²) in [6.45, 7) is 1.97. The molecule has 1 aliphatic rings. The quantitative estimate of drug-likeness (QED) is 0.332. The highest BCUT2D eigenvalue weighted by atomic mass is 19.1. The molecule has 1 heterocycles. The van der Waals surface area contributed by atoms with Gasteiger partial charge in [-0.15, -0.1) is 0 Å². The molecule has 1 fully saturated rings. The number of carbonyl (C=O) groups excluding carboxylic acids is 1. The van der Waals surface area contributed by atoms with Gasteiger partial charge >= 0.3 is 0 Å². The van der Waals surface area contributed by atoms with E-state index in [0.29, 0.717) is 5.75 Å². The normalized spacial score (nSPS) is 15.5. The summed E-state index contributed by atoms with van der Waals surface area (Å²) >= 11 is 0. The van der Waals surface area contributed by atoms with Gasteiger partial charge in [-0.2, -0.15) is 5.10 Å². The van der Waals surface area contributed by atoms with E-state index < -0.39 is 6.10 Å². The summed E-state index contributed by atoms with van der Waals surface area (Å²) in [4.78, 5) is 12.9. The predicted octanol–water partition coefficient (Wildman–Crippen LogP) is 5.99. The Bertz CT molecular complexity index is 1350. The summed E-state index contributed by atoms with van der Waals surface area (Å²) in [6, 6.07) is 19.5. The molecule has 1 saturated carbocycles. The van der Waals surface area contributed by atoms with Crippen LogP contribution in [0.3, 0.4) is 0 Å². The van der Waals surface area contributed by atoms with Crippen molar-refractivity contribution >= 4 is 16.8 Å². The van der Waals surface area contributed by atoms with E-state index in [9.17, 15) is 9.18 Å². The summed E-state index contributed by atoms with van der Waals surface area (Å²) < 4.78 is 27.1. The zero-order valence-electron chi connectivity index (χ0n) is 20.5. The summed E-state index contributed by atoms with van der Waals surface area (Å²) in [5.74, 6) is 1.27. The molecule has 0 unspecified atom stereocenters. The summed E-state index contributed by atoms with van der Waals surface area (Å²) in [5.41, 5.74) is 2.57. The second-order valence-electron chi connectivity index (χ2n) is 9.35. The molecule has 36 heavy (non-hydrogen) atoms. The van der Waals surface area contributed by atoms with Gasteiger partial charge in [0.25, 0.3) is 0 Å². The number of rotatable bonds is 8. The van der Waals surface area contributed by atoms with Crippen LogP contribution in [0.5, 0.6) is 11.5 Å². The maximum absolute atomic E-state index is 13.4. The average Bonchev–Trinajstić information content (AvgIpc) is 3.58. The first kappa shape index (κ1) is 23.9. The fraction of sp³-hybridized carbons (Fsp3) is 0.310. The highest BCUT2D eigenvalue weighted by Crippen LogP contribution is 2.31. The number of nitrogens with zero attached hydrogens (tertiary/aromatic N) is 2. The molecule has 7 heteroatoms. The number of hydrogen-bond donors (Lipinski definition) is 1. The van der Waals surface area contributed by atoms with Crippen LogP contribution in [0, 0.1) is 11.7 Å². The molecule has 0 bridgehead atoms. The van der Waals surface area contributed by atoms with Crippen LogP contribution in [-0.2, 0) is 4.79 Å². The molecule has 0 radical (unpaired) electrons. The fourth-order valence-corrected chi connectivity index (χ4v) is 4.90. The number of carbonyl (C=O) groups is 1. The minimum absolute atomic E-state index is 0.0760. The zero-order chi connectivity index (χ0) is 25.1. The summed E-state index contributed by atoms with van der Waals surface area (Å²) in [6.07, 6.45) is 5.43. The highest BCUT2D eigenvalue weighted by Gasteiger charge is 2.28. The Labute approximate surface area is 210 Å². The van der Waals surface area contributed by atoms with Crippen molar-refractivity contribution in [3.05, 3.63) is 84.3 Å². The predicted molar refractivity (Wildman–Crippen MR) is 137 cm³/mol. The Morgan fingerprint density at radius 2 is 1.83 bits per heavy atom. The number of benzene rings is 3. The molecular weight excluding hydrogens is 457 g/mol. The van der Waals surface area contributed by atoms with E-state index in [2.05, 4.69) is 10.4 Å². The first-order chi connectivity index (χ1) is 17.5. The van der Waals surface area contributed by atoms with E-state index in [-0.39, 0.29) is 23.7 Å². The Kier molecular flexibility index (Phi) is 6.89. The largest absolute Gasteiger partial charge is 0.497 e. The molecule has 0 aliphatic heterocycles. The van der Waals surface area contributed by atoms with Crippen LogP contribution in [0.4, 0.5) is 4.39 Å². The molecule has 1 aliphatic carbocycles. The second kappa shape index (κ2) is 10.4. The Morgan fingerprint density at radius 3 is 2.58 bits per heavy atom. The van der Waals surface area contributed by atoms with Crippen molar-refractivity contribution in [3.8, 4) is 17.2 Å². The van der Waals surface area contributed by atoms with Crippen LogP contribution in [0.25, 0.3) is 16.6 Å². The van der Waals surface area contributed by atoms with Gasteiger partial charge in [-0.3, -0.25) is 4.79 Å². The van der Waals surface area contributed by atoms with Crippen molar-refractivity contribution < 1.29 is 18.7 Å². The minimum Gasteiger partial charge on any atom is -0.497 e. The molecule has 3 aromatic carbocycles. The summed E-state index contributed by atoms with van der Waals surface area (Å²) in [7, 11) is 1.63. The molecule has 1 amide bonds. The number of aromatic nitrogens is 2. The van der Waals surface area contributed by atoms with Crippen LogP contribution in [-0.4, -0.2) is 28.8 Å². The van der Waals surface area contributed by atoms with Crippen LogP contribution in [0.15, 0.2) is 72.9 Å². The molecule has 1 aromatic heterocycles. The molecular formula is C29H30FN3O3. The van der Waals surface area contributed by atoms with Crippen molar-refractivity contribution in [1.29, 1.82) is 0 Å². The van der Waals surface area contributed by atoms with Crippen molar-refractivity contribution in [1.82, 2.24) is 15.1 Å². The first-order valence-electron chi connectivity index (χ1n) is 12.4. The second-order valence-corrected chi connectivity index (χ2v) is 9.35. The smallest absolute Gasteiger partial charge is 0.223 e. The van der Waals surface area contributed by atoms with Gasteiger partial charge in [-0.1, -0.05) is 25.0 Å². The van der Waals surface area contributed by atoms with E-state index in [4.69, 9.17) is 9.47 Å². The van der Waals surface area contributed by atoms with Gasteiger partial charge < -0.3 is 14.8 Å². The van der Waals surface area contributed by atoms with Crippen molar-refractivity contribution in [2.24, 2.45) is 5.92 Å². The third-order valence-corrected chi connectivity index (χ3v) is 6.85. The van der Waals surface area contributed by atoms with Crippen LogP contribution < -0.4 is 14.8 Å². The topological polar surface area (TPSA) is 65.4 Å². The van der Waals surface area contributed by atoms with Gasteiger partial charge in [0.15, 0.2) is 0 Å². The number of nitrogens with one attached hydrogen (secondary N) is 1. The lowest BCUT2D eigenvalue weighted by Gasteiger charge is -2.28. The first-order valence-corrected chi connectivity index (χ1v) is 12.4. The monoisotopic (exact) mass is 487 g/mol. The number of halogens is 1. The van der Waals surface area contributed by atoms with E-state index in [1.165, 1.54) is 12.1 Å². The van der Waals surface area contributed by atoms with E-state index in [0.717, 1.165) is 53.6 Å². The van der Waals surface area contributed by atoms with E-state index in [1.54, 1.807) is 30.1 Å². The van der Waals surface area contributed by atoms with Crippen molar-refractivity contribution in [2.45, 2.75) is 44.8 Å². The van der Waals surface area contributed by atoms with Crippen LogP contribution in [0.1, 0.15) is 44.3 Å². The third-order valence-electron chi connectivity index (χ3n) is 6.85. The van der Waals surface area contributed by atoms with Crippen molar-refractivity contribution in [3.63, 3.8) is 0 Å². The zero-order valence-corrected chi connectivity index (χ0v) is 20.5. The minimum atomic E-state index is -0.421. The number of methoxy groups -OCH3 is 1. The number of hydrogen-bond acceptors (Lipinski definition) is 4. The van der Waals surface area contributed by atoms with Crippen LogP contribution in [0.2, 0.25) is 0 Å². The maximum Gasteiger partial charge on any atom is 0.223 e. The fourth-order valence-electron chi connectivity index (χ4n) is 4.90. The van der Waals surface area contributed by atoms with Gasteiger partial charge in [0.05, 0.1) is 30.6 Å². The highest BCUT2D eigenvalue weighted by molar-refractivity contribution is 5.82. The number of amides is 1. The molecule has 4 aromatic rings. The number of fused-ring (bicyclic) bond motifs is 1. The Morgan fingerprint density at radius 1 is 1.06 bits per heavy atom. The lowest BCUT2D eigenvalue weighted by Crippen LogP contribution is -2.41. The van der Waals surface area contributed by atoms with Crippen molar-refractivity contribution in [2.75, 3.05) is 7.11 Å². The molecule has 0 spiro atoms. The van der Waals surface area contributed by atoms with Gasteiger partial charge in [-0.25, -0.2) is 9.07 Å². The SMILES string of the molecule is COc1cccc([C@H](Oc2ccc3c(cnn3-c3ccc(F)cc3)c2)[C@H](C)NC(=O)C2CCCC2)c1. The molecule has 6 nitrogen and oxygen atoms in total. The van der Waals surface area contributed by atoms with Gasteiger partial charge in [-0.05, 0) is 79.9 Å². The average molecular weight is 488 g/mol. The molecule has 5 rings (SSSR count). The lowest BCUT2D eigenvalue weighted by atomic mass is 10.0. The van der Waals surface area contributed by atoms with Crippen LogP contribution >= 0.6 is 0 Å². The van der Waals surface area contributed by atoms with Gasteiger partial charge in [0, 0.05) is 11.3 Å². The summed E-state index contributed by atoms with van der Waals surface area (Å²) in [5, 5.41) is 8.57. The standard InChI is InChI=1S/C29H30FN3O3/c1-19(32-29(34)20-6-3-4-7-20)28(21-8-5-9-25(16-21)35-2)36-26-14-15-27-22(17-26)18-31-33(27)24-12-10-23(30)11-13-24/h5,8-20,28H,3-4,6-7H2,1-2H3,(H,32,34)/t19-,28+/m0/s1. The van der Waals surface area contributed by atoms with E-state index in [1.807, 2.05) is 49.4 Å². The Hall–Kier alpha value is -3.87. The molecule has 2 atom stereocenters. The van der Waals surface area contributed by atoms with E-state index >= 15 is 0 Å². The molecule has 0 saturated heterocycles. The van der Waals surface area contributed by atoms with Gasteiger partial charge in [0.2, 0.25) is 5.91 Å². The third kappa shape index (κ3) is 5.05. The number of ether oxygens (including phenoxy) is 2. The molecule has 1 N–H and O–H groups in total. The lowest BCUT2D eigenvalue weighted by molar-refractivity contribution is -0.126. The maximum atomic E-state index is 13.4. The Balaban J connectivity index is 1.42. The molecule has 186 valence electrons.